The van der Waals surface area contributed by atoms with Gasteiger partial charge in [0.05, 0.1) is 13.2 Å². The van der Waals surface area contributed by atoms with Crippen molar-refractivity contribution in [3.63, 3.8) is 0 Å². The van der Waals surface area contributed by atoms with E-state index in [9.17, 15) is 0 Å². The Balaban J connectivity index is 2.53. The predicted molar refractivity (Wildman–Crippen MR) is 72.0 cm³/mol. The fraction of sp³-hybridized carbons (Fsp3) is 0.600. The van der Waals surface area contributed by atoms with E-state index >= 15 is 0 Å². The minimum atomic E-state index is 0.786. The molecule has 0 radical (unpaired) electrons. The minimum Gasteiger partial charge on any atom is -0.493 e. The summed E-state index contributed by atoms with van der Waals surface area (Å²) in [6.07, 6.45) is 4.51. The van der Waals surface area contributed by atoms with E-state index in [2.05, 4.69) is 26.8 Å². The summed E-state index contributed by atoms with van der Waals surface area (Å²) in [5.41, 5.74) is 1.17. The SMILES string of the molecule is CCCCOc1ccc(C)c(OCCCC)c1. The zero-order valence-corrected chi connectivity index (χ0v) is 11.3. The van der Waals surface area contributed by atoms with Crippen molar-refractivity contribution >= 4 is 0 Å². The second-order valence-electron chi connectivity index (χ2n) is 4.33. The Labute approximate surface area is 105 Å². The van der Waals surface area contributed by atoms with Crippen LogP contribution in [-0.4, -0.2) is 13.2 Å². The van der Waals surface area contributed by atoms with Crippen LogP contribution in [0.4, 0.5) is 0 Å². The molecule has 0 saturated heterocycles. The highest BCUT2D eigenvalue weighted by molar-refractivity contribution is 5.39. The molecular weight excluding hydrogens is 212 g/mol. The highest BCUT2D eigenvalue weighted by Crippen LogP contribution is 2.24. The van der Waals surface area contributed by atoms with Gasteiger partial charge in [-0.2, -0.15) is 0 Å². The molecule has 0 bridgehead atoms. The fourth-order valence-electron chi connectivity index (χ4n) is 1.49. The monoisotopic (exact) mass is 236 g/mol. The van der Waals surface area contributed by atoms with Gasteiger partial charge in [0.1, 0.15) is 11.5 Å². The second kappa shape index (κ2) is 7.99. The Morgan fingerprint density at radius 1 is 0.941 bits per heavy atom. The number of ether oxygens (including phenoxy) is 2. The molecular formula is C15H24O2. The third kappa shape index (κ3) is 5.12. The maximum absolute atomic E-state index is 5.74. The average Bonchev–Trinajstić information content (AvgIpc) is 2.33. The molecule has 0 amide bonds. The first-order valence-corrected chi connectivity index (χ1v) is 6.64. The minimum absolute atomic E-state index is 0.786. The van der Waals surface area contributed by atoms with Crippen LogP contribution in [0, 0.1) is 6.92 Å². The zero-order valence-electron chi connectivity index (χ0n) is 11.3. The highest BCUT2D eigenvalue weighted by Gasteiger charge is 2.02. The summed E-state index contributed by atoms with van der Waals surface area (Å²) in [5.74, 6) is 1.86. The van der Waals surface area contributed by atoms with E-state index in [0.717, 1.165) is 50.4 Å². The predicted octanol–water partition coefficient (Wildman–Crippen LogP) is 4.35. The Morgan fingerprint density at radius 3 is 2.24 bits per heavy atom. The van der Waals surface area contributed by atoms with Crippen molar-refractivity contribution in [2.24, 2.45) is 0 Å². The summed E-state index contributed by atoms with van der Waals surface area (Å²) < 4.78 is 11.4. The van der Waals surface area contributed by atoms with Crippen LogP contribution in [-0.2, 0) is 0 Å². The Hall–Kier alpha value is -1.18. The molecule has 96 valence electrons. The van der Waals surface area contributed by atoms with Gasteiger partial charge in [0.15, 0.2) is 0 Å². The zero-order chi connectivity index (χ0) is 12.5. The van der Waals surface area contributed by atoms with E-state index in [0.29, 0.717) is 0 Å². The molecule has 0 aliphatic heterocycles. The van der Waals surface area contributed by atoms with Crippen LogP contribution in [0.1, 0.15) is 45.1 Å². The average molecular weight is 236 g/mol. The summed E-state index contributed by atoms with van der Waals surface area (Å²) in [4.78, 5) is 0. The molecule has 0 fully saturated rings. The molecule has 17 heavy (non-hydrogen) atoms. The van der Waals surface area contributed by atoms with Crippen molar-refractivity contribution in [1.29, 1.82) is 0 Å². The van der Waals surface area contributed by atoms with Crippen LogP contribution in [0.15, 0.2) is 18.2 Å². The van der Waals surface area contributed by atoms with Gasteiger partial charge in [0.25, 0.3) is 0 Å². The Bertz CT molecular complexity index is 321. The quantitative estimate of drug-likeness (QED) is 0.625. The summed E-state index contributed by atoms with van der Waals surface area (Å²) in [7, 11) is 0. The standard InChI is InChI=1S/C15H24O2/c1-4-6-10-16-14-9-8-13(3)15(12-14)17-11-7-5-2/h8-9,12H,4-7,10-11H2,1-3H3. The molecule has 1 rings (SSSR count). The van der Waals surface area contributed by atoms with Crippen LogP contribution < -0.4 is 9.47 Å². The van der Waals surface area contributed by atoms with Crippen molar-refractivity contribution in [2.75, 3.05) is 13.2 Å². The van der Waals surface area contributed by atoms with E-state index in [1.807, 2.05) is 12.1 Å². The molecule has 2 nitrogen and oxygen atoms in total. The van der Waals surface area contributed by atoms with Crippen LogP contribution in [0.5, 0.6) is 11.5 Å². The van der Waals surface area contributed by atoms with Gasteiger partial charge in [-0.15, -0.1) is 0 Å². The lowest BCUT2D eigenvalue weighted by Gasteiger charge is -2.11. The summed E-state index contributed by atoms with van der Waals surface area (Å²) in [6.45, 7) is 7.97. The third-order valence-electron chi connectivity index (χ3n) is 2.68. The fourth-order valence-corrected chi connectivity index (χ4v) is 1.49. The van der Waals surface area contributed by atoms with Gasteiger partial charge in [-0.3, -0.25) is 0 Å². The first kappa shape index (κ1) is 13.9. The van der Waals surface area contributed by atoms with Gasteiger partial charge in [-0.25, -0.2) is 0 Å². The van der Waals surface area contributed by atoms with Crippen molar-refractivity contribution in [1.82, 2.24) is 0 Å². The summed E-state index contributed by atoms with van der Waals surface area (Å²) in [5, 5.41) is 0. The summed E-state index contributed by atoms with van der Waals surface area (Å²) >= 11 is 0. The first-order valence-electron chi connectivity index (χ1n) is 6.64. The second-order valence-corrected chi connectivity index (χ2v) is 4.33. The number of unbranched alkanes of at least 4 members (excludes halogenated alkanes) is 2. The number of hydrogen-bond acceptors (Lipinski definition) is 2. The first-order chi connectivity index (χ1) is 8.27. The van der Waals surface area contributed by atoms with Gasteiger partial charge in [0.2, 0.25) is 0 Å². The number of aryl methyl sites for hydroxylation is 1. The van der Waals surface area contributed by atoms with Gasteiger partial charge >= 0.3 is 0 Å². The van der Waals surface area contributed by atoms with E-state index < -0.39 is 0 Å². The molecule has 1 aromatic carbocycles. The van der Waals surface area contributed by atoms with Crippen molar-refractivity contribution in [3.05, 3.63) is 23.8 Å². The highest BCUT2D eigenvalue weighted by atomic mass is 16.5. The van der Waals surface area contributed by atoms with Crippen molar-refractivity contribution in [2.45, 2.75) is 46.5 Å². The number of hydrogen-bond donors (Lipinski definition) is 0. The smallest absolute Gasteiger partial charge is 0.125 e. The molecule has 0 aromatic heterocycles. The molecule has 0 atom stereocenters. The molecule has 0 heterocycles. The largest absolute Gasteiger partial charge is 0.493 e. The Morgan fingerprint density at radius 2 is 1.59 bits per heavy atom. The van der Waals surface area contributed by atoms with E-state index in [1.165, 1.54) is 5.56 Å². The summed E-state index contributed by atoms with van der Waals surface area (Å²) in [6, 6.07) is 6.07. The van der Waals surface area contributed by atoms with E-state index in [4.69, 9.17) is 9.47 Å². The maximum atomic E-state index is 5.74. The molecule has 0 N–H and O–H groups in total. The number of rotatable bonds is 8. The molecule has 1 aromatic rings. The molecule has 0 unspecified atom stereocenters. The van der Waals surface area contributed by atoms with Crippen LogP contribution in [0.2, 0.25) is 0 Å². The lowest BCUT2D eigenvalue weighted by molar-refractivity contribution is 0.293. The van der Waals surface area contributed by atoms with Gasteiger partial charge in [-0.1, -0.05) is 32.8 Å². The van der Waals surface area contributed by atoms with Crippen LogP contribution in [0.25, 0.3) is 0 Å². The molecule has 2 heteroatoms. The van der Waals surface area contributed by atoms with Gasteiger partial charge in [-0.05, 0) is 31.4 Å². The molecule has 0 aliphatic carbocycles. The molecule has 0 saturated carbocycles. The van der Waals surface area contributed by atoms with E-state index in [1.54, 1.807) is 0 Å². The molecule has 0 aliphatic rings. The van der Waals surface area contributed by atoms with Crippen molar-refractivity contribution in [3.8, 4) is 11.5 Å². The number of benzene rings is 1. The lowest BCUT2D eigenvalue weighted by atomic mass is 10.2. The van der Waals surface area contributed by atoms with Crippen LogP contribution >= 0.6 is 0 Å². The topological polar surface area (TPSA) is 18.5 Å². The Kier molecular flexibility index (Phi) is 6.53. The maximum Gasteiger partial charge on any atom is 0.125 e. The third-order valence-corrected chi connectivity index (χ3v) is 2.68. The van der Waals surface area contributed by atoms with Crippen LogP contribution in [0.3, 0.4) is 0 Å². The lowest BCUT2D eigenvalue weighted by Crippen LogP contribution is -2.00. The van der Waals surface area contributed by atoms with E-state index in [-0.39, 0.29) is 0 Å². The van der Waals surface area contributed by atoms with Crippen molar-refractivity contribution < 1.29 is 9.47 Å². The van der Waals surface area contributed by atoms with Gasteiger partial charge in [0, 0.05) is 6.07 Å². The normalized spacial score (nSPS) is 10.3. The molecule has 0 spiro atoms. The van der Waals surface area contributed by atoms with Gasteiger partial charge < -0.3 is 9.47 Å².